The molecule has 1 fully saturated rings. The normalized spacial score (nSPS) is 16.7. The van der Waals surface area contributed by atoms with Gasteiger partial charge in [0.1, 0.15) is 0 Å². The SMILES string of the molecule is CN=C(NCc1ccnc(OC(C)CC(C)C)c1)NCC(C)(C)N1CCOCC1.I. The summed E-state index contributed by atoms with van der Waals surface area (Å²) in [6.45, 7) is 16.0. The number of morpholine rings is 1. The zero-order valence-corrected chi connectivity index (χ0v) is 21.7. The lowest BCUT2D eigenvalue weighted by atomic mass is 10.0. The topological polar surface area (TPSA) is 71.0 Å². The van der Waals surface area contributed by atoms with E-state index in [-0.39, 0.29) is 35.6 Å². The van der Waals surface area contributed by atoms with Gasteiger partial charge in [-0.15, -0.1) is 24.0 Å². The Morgan fingerprint density at radius 1 is 1.27 bits per heavy atom. The van der Waals surface area contributed by atoms with E-state index in [1.165, 1.54) is 0 Å². The molecule has 0 bridgehead atoms. The summed E-state index contributed by atoms with van der Waals surface area (Å²) in [6, 6.07) is 3.99. The molecule has 1 aliphatic heterocycles. The average molecular weight is 533 g/mol. The molecule has 172 valence electrons. The summed E-state index contributed by atoms with van der Waals surface area (Å²) in [5, 5.41) is 6.84. The van der Waals surface area contributed by atoms with Crippen LogP contribution in [0.15, 0.2) is 23.3 Å². The van der Waals surface area contributed by atoms with Gasteiger partial charge in [0, 0.05) is 51.0 Å². The van der Waals surface area contributed by atoms with Crippen molar-refractivity contribution in [2.24, 2.45) is 10.9 Å². The Kier molecular flexibility index (Phi) is 11.9. The van der Waals surface area contributed by atoms with Crippen molar-refractivity contribution in [2.75, 3.05) is 39.9 Å². The van der Waals surface area contributed by atoms with Crippen molar-refractivity contribution in [3.05, 3.63) is 23.9 Å². The fourth-order valence-corrected chi connectivity index (χ4v) is 3.53. The number of rotatable bonds is 9. The second-order valence-electron chi connectivity index (χ2n) is 8.75. The highest BCUT2D eigenvalue weighted by atomic mass is 127. The molecular formula is C22H40IN5O2. The zero-order valence-electron chi connectivity index (χ0n) is 19.4. The number of nitrogens with zero attached hydrogens (tertiary/aromatic N) is 3. The van der Waals surface area contributed by atoms with Gasteiger partial charge in [0.15, 0.2) is 5.96 Å². The smallest absolute Gasteiger partial charge is 0.213 e. The second-order valence-corrected chi connectivity index (χ2v) is 8.75. The Bertz CT molecular complexity index is 648. The molecule has 1 aliphatic rings. The molecule has 2 rings (SSSR count). The summed E-state index contributed by atoms with van der Waals surface area (Å²) in [5.41, 5.74) is 1.15. The van der Waals surface area contributed by atoms with Crippen LogP contribution >= 0.6 is 24.0 Å². The van der Waals surface area contributed by atoms with Crippen molar-refractivity contribution in [3.63, 3.8) is 0 Å². The summed E-state index contributed by atoms with van der Waals surface area (Å²) in [4.78, 5) is 11.2. The summed E-state index contributed by atoms with van der Waals surface area (Å²) in [5.74, 6) is 2.07. The van der Waals surface area contributed by atoms with E-state index in [0.29, 0.717) is 18.3 Å². The Balaban J connectivity index is 0.00000450. The van der Waals surface area contributed by atoms with Crippen molar-refractivity contribution in [3.8, 4) is 5.88 Å². The number of halogens is 1. The van der Waals surface area contributed by atoms with Crippen LogP contribution in [0.25, 0.3) is 0 Å². The highest BCUT2D eigenvalue weighted by Crippen LogP contribution is 2.16. The summed E-state index contributed by atoms with van der Waals surface area (Å²) < 4.78 is 11.4. The van der Waals surface area contributed by atoms with Crippen molar-refractivity contribution >= 4 is 29.9 Å². The number of pyridine rings is 1. The van der Waals surface area contributed by atoms with E-state index >= 15 is 0 Å². The fraction of sp³-hybridized carbons (Fsp3) is 0.727. The molecule has 1 aromatic rings. The van der Waals surface area contributed by atoms with E-state index in [9.17, 15) is 0 Å². The summed E-state index contributed by atoms with van der Waals surface area (Å²) >= 11 is 0. The van der Waals surface area contributed by atoms with Crippen molar-refractivity contribution in [1.82, 2.24) is 20.5 Å². The molecule has 1 atom stereocenters. The van der Waals surface area contributed by atoms with Crippen LogP contribution in [0.1, 0.15) is 46.6 Å². The first-order valence-corrected chi connectivity index (χ1v) is 10.7. The van der Waals surface area contributed by atoms with Gasteiger partial charge >= 0.3 is 0 Å². The molecule has 30 heavy (non-hydrogen) atoms. The van der Waals surface area contributed by atoms with Gasteiger partial charge in [-0.2, -0.15) is 0 Å². The van der Waals surface area contributed by atoms with Crippen LogP contribution in [0.4, 0.5) is 0 Å². The van der Waals surface area contributed by atoms with E-state index < -0.39 is 0 Å². The van der Waals surface area contributed by atoms with Crippen LogP contribution in [0.5, 0.6) is 5.88 Å². The first-order chi connectivity index (χ1) is 13.8. The van der Waals surface area contributed by atoms with Gasteiger partial charge in [0.25, 0.3) is 0 Å². The first-order valence-electron chi connectivity index (χ1n) is 10.7. The van der Waals surface area contributed by atoms with E-state index in [4.69, 9.17) is 9.47 Å². The summed E-state index contributed by atoms with van der Waals surface area (Å²) in [7, 11) is 1.80. The van der Waals surface area contributed by atoms with E-state index in [0.717, 1.165) is 50.8 Å². The van der Waals surface area contributed by atoms with E-state index in [2.05, 4.69) is 60.1 Å². The third kappa shape index (κ3) is 9.34. The van der Waals surface area contributed by atoms with E-state index in [1.807, 2.05) is 12.1 Å². The van der Waals surface area contributed by atoms with Gasteiger partial charge in [-0.05, 0) is 44.7 Å². The molecule has 0 amide bonds. The second kappa shape index (κ2) is 13.3. The monoisotopic (exact) mass is 533 g/mol. The molecule has 8 heteroatoms. The first kappa shape index (κ1) is 26.9. The molecule has 2 N–H and O–H groups in total. The van der Waals surface area contributed by atoms with Crippen LogP contribution in [0.2, 0.25) is 0 Å². The molecule has 7 nitrogen and oxygen atoms in total. The largest absolute Gasteiger partial charge is 0.475 e. The van der Waals surface area contributed by atoms with Crippen LogP contribution in [0.3, 0.4) is 0 Å². The van der Waals surface area contributed by atoms with Crippen LogP contribution in [0, 0.1) is 5.92 Å². The highest BCUT2D eigenvalue weighted by molar-refractivity contribution is 14.0. The Labute approximate surface area is 199 Å². The number of hydrogen-bond donors (Lipinski definition) is 2. The van der Waals surface area contributed by atoms with Gasteiger partial charge in [0.05, 0.1) is 19.3 Å². The Morgan fingerprint density at radius 3 is 2.60 bits per heavy atom. The molecule has 0 radical (unpaired) electrons. The molecule has 0 aliphatic carbocycles. The molecule has 1 unspecified atom stereocenters. The Morgan fingerprint density at radius 2 is 1.97 bits per heavy atom. The minimum Gasteiger partial charge on any atom is -0.475 e. The van der Waals surface area contributed by atoms with E-state index in [1.54, 1.807) is 13.2 Å². The summed E-state index contributed by atoms with van der Waals surface area (Å²) in [6.07, 6.45) is 2.97. The number of aromatic nitrogens is 1. The standard InChI is InChI=1S/C22H39N5O2.HI/c1-17(2)13-18(3)29-20-14-19(7-8-24-20)15-25-21(23-6)26-16-22(4,5)27-9-11-28-12-10-27;/h7-8,14,17-18H,9-13,15-16H2,1-6H3,(H2,23,25,26);1H. The quantitative estimate of drug-likeness (QED) is 0.289. The minimum atomic E-state index is 0. The van der Waals surface area contributed by atoms with Gasteiger partial charge in [-0.25, -0.2) is 4.98 Å². The van der Waals surface area contributed by atoms with Crippen molar-refractivity contribution in [2.45, 2.75) is 59.2 Å². The minimum absolute atomic E-state index is 0. The molecule has 0 spiro atoms. The maximum Gasteiger partial charge on any atom is 0.213 e. The van der Waals surface area contributed by atoms with Gasteiger partial charge < -0.3 is 20.1 Å². The van der Waals surface area contributed by atoms with Crippen LogP contribution in [-0.4, -0.2) is 67.4 Å². The predicted molar refractivity (Wildman–Crippen MR) is 134 cm³/mol. The highest BCUT2D eigenvalue weighted by Gasteiger charge is 2.28. The zero-order chi connectivity index (χ0) is 21.3. The number of ether oxygens (including phenoxy) is 2. The molecular weight excluding hydrogens is 493 g/mol. The molecule has 0 aromatic carbocycles. The lowest BCUT2D eigenvalue weighted by Gasteiger charge is -2.41. The maximum absolute atomic E-state index is 5.96. The van der Waals surface area contributed by atoms with Gasteiger partial charge in [-0.3, -0.25) is 9.89 Å². The third-order valence-electron chi connectivity index (χ3n) is 5.16. The molecule has 0 saturated carbocycles. The van der Waals surface area contributed by atoms with Crippen LogP contribution < -0.4 is 15.4 Å². The Hall–Kier alpha value is -1.13. The molecule has 1 aromatic heterocycles. The lowest BCUT2D eigenvalue weighted by Crippen LogP contribution is -2.56. The predicted octanol–water partition coefficient (Wildman–Crippen LogP) is 3.29. The maximum atomic E-state index is 5.96. The average Bonchev–Trinajstić information content (AvgIpc) is 2.68. The van der Waals surface area contributed by atoms with Crippen molar-refractivity contribution < 1.29 is 9.47 Å². The van der Waals surface area contributed by atoms with Crippen LogP contribution in [-0.2, 0) is 11.3 Å². The molecule has 2 heterocycles. The number of hydrogen-bond acceptors (Lipinski definition) is 5. The van der Waals surface area contributed by atoms with Gasteiger partial charge in [0.2, 0.25) is 5.88 Å². The number of aliphatic imine (C=N–C) groups is 1. The van der Waals surface area contributed by atoms with Crippen molar-refractivity contribution in [1.29, 1.82) is 0 Å². The third-order valence-corrected chi connectivity index (χ3v) is 5.16. The van der Waals surface area contributed by atoms with Gasteiger partial charge in [-0.1, -0.05) is 13.8 Å². The number of guanidine groups is 1. The lowest BCUT2D eigenvalue weighted by molar-refractivity contribution is -0.00834. The molecule has 1 saturated heterocycles. The number of nitrogens with one attached hydrogen (secondary N) is 2. The fourth-order valence-electron chi connectivity index (χ4n) is 3.53.